The molecule has 0 amide bonds. The van der Waals surface area contributed by atoms with Crippen molar-refractivity contribution >= 4 is 11.6 Å². The molecule has 2 aromatic rings. The molecule has 0 saturated carbocycles. The summed E-state index contributed by atoms with van der Waals surface area (Å²) in [7, 11) is 0. The third kappa shape index (κ3) is 4.23. The molecule has 1 aromatic carbocycles. The van der Waals surface area contributed by atoms with E-state index >= 15 is 0 Å². The Balaban J connectivity index is 2.14. The van der Waals surface area contributed by atoms with E-state index < -0.39 is 0 Å². The Bertz CT molecular complexity index is 583. The van der Waals surface area contributed by atoms with Crippen molar-refractivity contribution in [1.82, 2.24) is 15.2 Å². The lowest BCUT2D eigenvalue weighted by molar-refractivity contribution is 0.827. The fourth-order valence-corrected chi connectivity index (χ4v) is 2.23. The maximum absolute atomic E-state index is 5.55. The first-order chi connectivity index (χ1) is 10.3. The summed E-state index contributed by atoms with van der Waals surface area (Å²) in [5, 5.41) is 11.6. The summed E-state index contributed by atoms with van der Waals surface area (Å²) in [6.45, 7) is 4.86. The van der Waals surface area contributed by atoms with Crippen molar-refractivity contribution in [3.8, 4) is 0 Å². The van der Waals surface area contributed by atoms with Crippen LogP contribution in [0.1, 0.15) is 37.2 Å². The number of aromatic nitrogens is 3. The Hall–Kier alpha value is -2.01. The molecule has 1 aromatic heterocycles. The van der Waals surface area contributed by atoms with E-state index in [1.807, 2.05) is 12.1 Å². The van der Waals surface area contributed by atoms with Gasteiger partial charge >= 0.3 is 0 Å². The molecule has 0 bridgehead atoms. The molecule has 0 spiro atoms. The molecular weight excluding hydrogens is 262 g/mol. The van der Waals surface area contributed by atoms with Crippen LogP contribution in [0.15, 0.2) is 24.3 Å². The van der Waals surface area contributed by atoms with Crippen molar-refractivity contribution in [1.29, 1.82) is 0 Å². The van der Waals surface area contributed by atoms with Crippen molar-refractivity contribution in [3.05, 3.63) is 41.2 Å². The van der Waals surface area contributed by atoms with Gasteiger partial charge in [-0.1, -0.05) is 26.0 Å². The predicted molar refractivity (Wildman–Crippen MR) is 85.7 cm³/mol. The van der Waals surface area contributed by atoms with E-state index in [0.717, 1.165) is 42.8 Å². The summed E-state index contributed by atoms with van der Waals surface area (Å²) < 4.78 is 0. The Labute approximate surface area is 126 Å². The molecule has 0 fully saturated rings. The molecule has 5 nitrogen and oxygen atoms in total. The number of rotatable bonds is 7. The summed E-state index contributed by atoms with van der Waals surface area (Å²) >= 11 is 0. The second kappa shape index (κ2) is 7.69. The first-order valence-corrected chi connectivity index (χ1v) is 7.55. The molecule has 112 valence electrons. The van der Waals surface area contributed by atoms with Crippen molar-refractivity contribution in [2.45, 2.75) is 39.5 Å². The summed E-state index contributed by atoms with van der Waals surface area (Å²) in [6.07, 6.45) is 3.70. The average Bonchev–Trinajstić information content (AvgIpc) is 2.53. The molecular formula is C16H23N5. The van der Waals surface area contributed by atoms with Crippen LogP contribution >= 0.6 is 0 Å². The fourth-order valence-electron chi connectivity index (χ4n) is 2.23. The Morgan fingerprint density at radius 2 is 1.90 bits per heavy atom. The van der Waals surface area contributed by atoms with E-state index in [4.69, 9.17) is 5.73 Å². The van der Waals surface area contributed by atoms with Gasteiger partial charge in [0.15, 0.2) is 0 Å². The Morgan fingerprint density at radius 3 is 2.62 bits per heavy atom. The van der Waals surface area contributed by atoms with Crippen LogP contribution in [0.4, 0.5) is 11.6 Å². The normalized spacial score (nSPS) is 10.6. The van der Waals surface area contributed by atoms with Gasteiger partial charge in [-0.15, -0.1) is 10.2 Å². The van der Waals surface area contributed by atoms with Crippen LogP contribution in [0.5, 0.6) is 0 Å². The van der Waals surface area contributed by atoms with Crippen molar-refractivity contribution in [2.75, 3.05) is 11.9 Å². The maximum atomic E-state index is 5.55. The molecule has 1 heterocycles. The molecule has 21 heavy (non-hydrogen) atoms. The summed E-state index contributed by atoms with van der Waals surface area (Å²) in [5.41, 5.74) is 9.78. The molecule has 0 radical (unpaired) electrons. The minimum Gasteiger partial charge on any atom is -0.330 e. The van der Waals surface area contributed by atoms with Gasteiger partial charge in [-0.05, 0) is 49.9 Å². The highest BCUT2D eigenvalue weighted by atomic mass is 15.2. The van der Waals surface area contributed by atoms with Gasteiger partial charge in [-0.3, -0.25) is 0 Å². The van der Waals surface area contributed by atoms with Crippen LogP contribution in [0, 0.1) is 0 Å². The quantitative estimate of drug-likeness (QED) is 0.817. The van der Waals surface area contributed by atoms with E-state index in [-0.39, 0.29) is 0 Å². The number of benzene rings is 1. The van der Waals surface area contributed by atoms with Crippen LogP contribution in [-0.2, 0) is 19.3 Å². The Kier molecular flexibility index (Phi) is 5.63. The average molecular weight is 285 g/mol. The molecule has 0 saturated heterocycles. The zero-order valence-corrected chi connectivity index (χ0v) is 12.8. The van der Waals surface area contributed by atoms with Gasteiger partial charge in [0, 0.05) is 5.69 Å². The lowest BCUT2D eigenvalue weighted by Crippen LogP contribution is -2.07. The van der Waals surface area contributed by atoms with Gasteiger partial charge in [-0.25, -0.2) is 4.98 Å². The van der Waals surface area contributed by atoms with Gasteiger partial charge < -0.3 is 11.1 Å². The van der Waals surface area contributed by atoms with Crippen molar-refractivity contribution in [3.63, 3.8) is 0 Å². The van der Waals surface area contributed by atoms with Gasteiger partial charge in [0.25, 0.3) is 0 Å². The number of anilines is 2. The van der Waals surface area contributed by atoms with Gasteiger partial charge in [0.1, 0.15) is 0 Å². The standard InChI is InChI=1S/C16H23N5/c1-3-14-15(4-2)20-21-16(19-14)18-13-9-5-7-12(11-13)8-6-10-17/h5,7,9,11H,3-4,6,8,10,17H2,1-2H3,(H,18,19,21). The molecule has 3 N–H and O–H groups in total. The first kappa shape index (κ1) is 15.4. The van der Waals surface area contributed by atoms with E-state index in [1.54, 1.807) is 0 Å². The highest BCUT2D eigenvalue weighted by Gasteiger charge is 2.06. The highest BCUT2D eigenvalue weighted by Crippen LogP contribution is 2.16. The van der Waals surface area contributed by atoms with E-state index in [2.05, 4.69) is 46.5 Å². The second-order valence-electron chi connectivity index (χ2n) is 4.95. The van der Waals surface area contributed by atoms with E-state index in [1.165, 1.54) is 5.56 Å². The third-order valence-electron chi connectivity index (χ3n) is 3.36. The lowest BCUT2D eigenvalue weighted by Gasteiger charge is -2.09. The largest absolute Gasteiger partial charge is 0.330 e. The second-order valence-corrected chi connectivity index (χ2v) is 4.95. The molecule has 0 unspecified atom stereocenters. The zero-order valence-electron chi connectivity index (χ0n) is 12.8. The number of aryl methyl sites for hydroxylation is 3. The van der Waals surface area contributed by atoms with Crippen LogP contribution in [0.3, 0.4) is 0 Å². The minimum absolute atomic E-state index is 0.556. The molecule has 0 aliphatic heterocycles. The predicted octanol–water partition coefficient (Wildman–Crippen LogP) is 2.63. The first-order valence-electron chi connectivity index (χ1n) is 7.55. The number of nitrogens with two attached hydrogens (primary N) is 1. The molecule has 0 atom stereocenters. The number of nitrogens with zero attached hydrogens (tertiary/aromatic N) is 3. The highest BCUT2D eigenvalue weighted by molar-refractivity contribution is 5.54. The van der Waals surface area contributed by atoms with Crippen molar-refractivity contribution < 1.29 is 0 Å². The van der Waals surface area contributed by atoms with Crippen LogP contribution < -0.4 is 11.1 Å². The maximum Gasteiger partial charge on any atom is 0.247 e. The SMILES string of the molecule is CCc1nnc(Nc2cccc(CCCN)c2)nc1CC. The number of hydrogen-bond acceptors (Lipinski definition) is 5. The summed E-state index contributed by atoms with van der Waals surface area (Å²) in [5.74, 6) is 0.556. The van der Waals surface area contributed by atoms with E-state index in [9.17, 15) is 0 Å². The van der Waals surface area contributed by atoms with Crippen LogP contribution in [-0.4, -0.2) is 21.7 Å². The fraction of sp³-hybridized carbons (Fsp3) is 0.438. The molecule has 5 heteroatoms. The van der Waals surface area contributed by atoms with E-state index in [0.29, 0.717) is 12.5 Å². The number of hydrogen-bond donors (Lipinski definition) is 2. The lowest BCUT2D eigenvalue weighted by atomic mass is 10.1. The zero-order chi connectivity index (χ0) is 15.1. The van der Waals surface area contributed by atoms with Gasteiger partial charge in [0.05, 0.1) is 11.4 Å². The number of nitrogens with one attached hydrogen (secondary N) is 1. The minimum atomic E-state index is 0.556. The van der Waals surface area contributed by atoms with Gasteiger partial charge in [-0.2, -0.15) is 0 Å². The molecule has 0 aliphatic rings. The van der Waals surface area contributed by atoms with Crippen molar-refractivity contribution in [2.24, 2.45) is 5.73 Å². The summed E-state index contributed by atoms with van der Waals surface area (Å²) in [6, 6.07) is 8.26. The van der Waals surface area contributed by atoms with Crippen LogP contribution in [0.25, 0.3) is 0 Å². The molecule has 2 rings (SSSR count). The topological polar surface area (TPSA) is 76.7 Å². The smallest absolute Gasteiger partial charge is 0.247 e. The van der Waals surface area contributed by atoms with Crippen LogP contribution in [0.2, 0.25) is 0 Å². The monoisotopic (exact) mass is 285 g/mol. The Morgan fingerprint density at radius 1 is 1.10 bits per heavy atom. The van der Waals surface area contributed by atoms with Gasteiger partial charge in [0.2, 0.25) is 5.95 Å². The summed E-state index contributed by atoms with van der Waals surface area (Å²) in [4.78, 5) is 4.54. The third-order valence-corrected chi connectivity index (χ3v) is 3.36. The molecule has 0 aliphatic carbocycles.